The lowest BCUT2D eigenvalue weighted by atomic mass is 9.92. The number of benzene rings is 1. The van der Waals surface area contributed by atoms with E-state index >= 15 is 0 Å². The molecule has 0 bridgehead atoms. The van der Waals surface area contributed by atoms with Crippen LogP contribution in [0.4, 0.5) is 4.79 Å². The fourth-order valence-corrected chi connectivity index (χ4v) is 2.57. The smallest absolute Gasteiger partial charge is 0.314 e. The van der Waals surface area contributed by atoms with Crippen molar-refractivity contribution in [2.24, 2.45) is 0 Å². The predicted molar refractivity (Wildman–Crippen MR) is 84.9 cm³/mol. The van der Waals surface area contributed by atoms with Crippen LogP contribution in [0.25, 0.3) is 0 Å². The van der Waals surface area contributed by atoms with Crippen molar-refractivity contribution in [1.29, 1.82) is 0 Å². The van der Waals surface area contributed by atoms with E-state index in [4.69, 9.17) is 4.74 Å². The van der Waals surface area contributed by atoms with Crippen molar-refractivity contribution in [1.82, 2.24) is 10.6 Å². The van der Waals surface area contributed by atoms with Crippen molar-refractivity contribution in [2.45, 2.75) is 45.4 Å². The summed E-state index contributed by atoms with van der Waals surface area (Å²) in [5.41, 5.74) is 2.88. The predicted octanol–water partition coefficient (Wildman–Crippen LogP) is 3.04. The van der Waals surface area contributed by atoms with Gasteiger partial charge in [0.05, 0.1) is 6.54 Å². The molecule has 0 fully saturated rings. The molecule has 4 heteroatoms. The second kappa shape index (κ2) is 8.55. The summed E-state index contributed by atoms with van der Waals surface area (Å²) in [6.07, 6.45) is 7.01. The number of unbranched alkanes of at least 4 members (excludes halogenated alkanes) is 1. The van der Waals surface area contributed by atoms with E-state index in [9.17, 15) is 4.79 Å². The van der Waals surface area contributed by atoms with Gasteiger partial charge in [0.15, 0.2) is 0 Å². The maximum atomic E-state index is 11.4. The minimum atomic E-state index is -0.113. The maximum Gasteiger partial charge on any atom is 0.314 e. The number of rotatable bonds is 7. The SMILES string of the molecule is CCCCNC(=O)NCCOc1ccc2c(c1)CCCC2. The zero-order valence-electron chi connectivity index (χ0n) is 12.9. The Morgan fingerprint density at radius 3 is 2.71 bits per heavy atom. The first kappa shape index (κ1) is 15.7. The first-order valence-electron chi connectivity index (χ1n) is 8.06. The Labute approximate surface area is 127 Å². The standard InChI is InChI=1S/C17H26N2O2/c1-2-3-10-18-17(20)19-11-12-21-16-9-8-14-6-4-5-7-15(14)13-16/h8-9,13H,2-7,10-12H2,1H3,(H2,18,19,20). The van der Waals surface area contributed by atoms with E-state index in [1.807, 2.05) is 6.07 Å². The van der Waals surface area contributed by atoms with Crippen LogP contribution < -0.4 is 15.4 Å². The van der Waals surface area contributed by atoms with Crippen LogP contribution in [-0.4, -0.2) is 25.7 Å². The number of nitrogens with one attached hydrogen (secondary N) is 2. The lowest BCUT2D eigenvalue weighted by Gasteiger charge is -2.17. The molecule has 1 aromatic rings. The van der Waals surface area contributed by atoms with Crippen molar-refractivity contribution < 1.29 is 9.53 Å². The summed E-state index contributed by atoms with van der Waals surface area (Å²) in [6.45, 7) is 3.86. The molecular weight excluding hydrogens is 264 g/mol. The first-order chi connectivity index (χ1) is 10.3. The molecule has 0 radical (unpaired) electrons. The Kier molecular flexibility index (Phi) is 6.38. The number of amides is 2. The van der Waals surface area contributed by atoms with Crippen molar-refractivity contribution in [3.05, 3.63) is 29.3 Å². The first-order valence-corrected chi connectivity index (χ1v) is 8.06. The van der Waals surface area contributed by atoms with Gasteiger partial charge in [-0.3, -0.25) is 0 Å². The summed E-state index contributed by atoms with van der Waals surface area (Å²) in [7, 11) is 0. The molecule has 2 N–H and O–H groups in total. The second-order valence-corrected chi connectivity index (χ2v) is 5.52. The van der Waals surface area contributed by atoms with Gasteiger partial charge in [-0.05, 0) is 55.4 Å². The van der Waals surface area contributed by atoms with Crippen LogP contribution in [0.15, 0.2) is 18.2 Å². The number of hydrogen-bond donors (Lipinski definition) is 2. The minimum Gasteiger partial charge on any atom is -0.492 e. The largest absolute Gasteiger partial charge is 0.492 e. The van der Waals surface area contributed by atoms with Gasteiger partial charge in [0.25, 0.3) is 0 Å². The molecule has 2 rings (SSSR count). The molecule has 116 valence electrons. The average molecular weight is 290 g/mol. The Morgan fingerprint density at radius 2 is 1.90 bits per heavy atom. The summed E-state index contributed by atoms with van der Waals surface area (Å²) >= 11 is 0. The van der Waals surface area contributed by atoms with Gasteiger partial charge < -0.3 is 15.4 Å². The molecule has 0 aromatic heterocycles. The molecule has 21 heavy (non-hydrogen) atoms. The number of carbonyl (C=O) groups is 1. The molecule has 1 aromatic carbocycles. The van der Waals surface area contributed by atoms with Crippen LogP contribution in [0, 0.1) is 0 Å². The number of ether oxygens (including phenoxy) is 1. The van der Waals surface area contributed by atoms with Gasteiger partial charge in [0.2, 0.25) is 0 Å². The van der Waals surface area contributed by atoms with Crippen molar-refractivity contribution in [3.63, 3.8) is 0 Å². The van der Waals surface area contributed by atoms with E-state index in [1.165, 1.54) is 30.4 Å². The fraction of sp³-hybridized carbons (Fsp3) is 0.588. The third-order valence-electron chi connectivity index (χ3n) is 3.79. The Balaban J connectivity index is 1.65. The van der Waals surface area contributed by atoms with Crippen LogP contribution in [0.5, 0.6) is 5.75 Å². The van der Waals surface area contributed by atoms with Crippen LogP contribution in [-0.2, 0) is 12.8 Å². The van der Waals surface area contributed by atoms with Crippen molar-refractivity contribution in [3.8, 4) is 5.75 Å². The van der Waals surface area contributed by atoms with E-state index in [0.717, 1.165) is 31.6 Å². The molecule has 0 saturated carbocycles. The maximum absolute atomic E-state index is 11.4. The Hall–Kier alpha value is -1.71. The summed E-state index contributed by atoms with van der Waals surface area (Å²) in [5, 5.41) is 5.62. The number of hydrogen-bond acceptors (Lipinski definition) is 2. The van der Waals surface area contributed by atoms with Gasteiger partial charge in [-0.15, -0.1) is 0 Å². The van der Waals surface area contributed by atoms with Crippen LogP contribution >= 0.6 is 0 Å². The molecule has 1 aliphatic rings. The number of carbonyl (C=O) groups excluding carboxylic acids is 1. The molecule has 0 spiro atoms. The normalized spacial score (nSPS) is 13.4. The van der Waals surface area contributed by atoms with Crippen LogP contribution in [0.1, 0.15) is 43.7 Å². The average Bonchev–Trinajstić information content (AvgIpc) is 2.52. The fourth-order valence-electron chi connectivity index (χ4n) is 2.57. The molecule has 0 saturated heterocycles. The van der Waals surface area contributed by atoms with Gasteiger partial charge >= 0.3 is 6.03 Å². The molecule has 0 unspecified atom stereocenters. The lowest BCUT2D eigenvalue weighted by molar-refractivity contribution is 0.236. The zero-order valence-corrected chi connectivity index (χ0v) is 12.9. The zero-order chi connectivity index (χ0) is 14.9. The van der Waals surface area contributed by atoms with Gasteiger partial charge in [-0.1, -0.05) is 19.4 Å². The van der Waals surface area contributed by atoms with Gasteiger partial charge in [0.1, 0.15) is 12.4 Å². The molecule has 0 aliphatic heterocycles. The van der Waals surface area contributed by atoms with Gasteiger partial charge in [-0.25, -0.2) is 4.79 Å². The van der Waals surface area contributed by atoms with Crippen LogP contribution in [0.2, 0.25) is 0 Å². The summed E-state index contributed by atoms with van der Waals surface area (Å²) in [6, 6.07) is 6.24. The van der Waals surface area contributed by atoms with Crippen LogP contribution in [0.3, 0.4) is 0 Å². The van der Waals surface area contributed by atoms with E-state index in [0.29, 0.717) is 13.2 Å². The third kappa shape index (κ3) is 5.29. The summed E-state index contributed by atoms with van der Waals surface area (Å²) in [4.78, 5) is 11.4. The van der Waals surface area contributed by atoms with E-state index < -0.39 is 0 Å². The Bertz CT molecular complexity index is 460. The van der Waals surface area contributed by atoms with E-state index in [-0.39, 0.29) is 6.03 Å². The number of urea groups is 1. The molecule has 4 nitrogen and oxygen atoms in total. The van der Waals surface area contributed by atoms with Crippen molar-refractivity contribution >= 4 is 6.03 Å². The topological polar surface area (TPSA) is 50.4 Å². The molecular formula is C17H26N2O2. The highest BCUT2D eigenvalue weighted by atomic mass is 16.5. The molecule has 1 aliphatic carbocycles. The highest BCUT2D eigenvalue weighted by molar-refractivity contribution is 5.73. The second-order valence-electron chi connectivity index (χ2n) is 5.52. The molecule has 0 atom stereocenters. The monoisotopic (exact) mass is 290 g/mol. The number of aryl methyl sites for hydroxylation is 2. The highest BCUT2D eigenvalue weighted by Crippen LogP contribution is 2.25. The Morgan fingerprint density at radius 1 is 1.14 bits per heavy atom. The summed E-state index contributed by atoms with van der Waals surface area (Å²) in [5.74, 6) is 0.906. The van der Waals surface area contributed by atoms with E-state index in [2.05, 4.69) is 29.7 Å². The lowest BCUT2D eigenvalue weighted by Crippen LogP contribution is -2.38. The quantitative estimate of drug-likeness (QED) is 0.758. The third-order valence-corrected chi connectivity index (χ3v) is 3.79. The van der Waals surface area contributed by atoms with Gasteiger partial charge in [0, 0.05) is 6.54 Å². The molecule has 2 amide bonds. The minimum absolute atomic E-state index is 0.113. The summed E-state index contributed by atoms with van der Waals surface area (Å²) < 4.78 is 5.71. The van der Waals surface area contributed by atoms with E-state index in [1.54, 1.807) is 0 Å². The van der Waals surface area contributed by atoms with Crippen molar-refractivity contribution in [2.75, 3.05) is 19.7 Å². The van der Waals surface area contributed by atoms with Gasteiger partial charge in [-0.2, -0.15) is 0 Å². The molecule has 0 heterocycles. The highest BCUT2D eigenvalue weighted by Gasteiger charge is 2.09. The number of fused-ring (bicyclic) bond motifs is 1.